The number of amides is 3. The van der Waals surface area contributed by atoms with E-state index in [-0.39, 0.29) is 17.7 Å². The summed E-state index contributed by atoms with van der Waals surface area (Å²) in [5.74, 6) is -1.06. The van der Waals surface area contributed by atoms with Crippen LogP contribution in [0.25, 0.3) is 0 Å². The van der Waals surface area contributed by atoms with Crippen LogP contribution in [0.4, 0.5) is 17.1 Å². The van der Waals surface area contributed by atoms with Gasteiger partial charge in [0.15, 0.2) is 0 Å². The lowest BCUT2D eigenvalue weighted by atomic mass is 9.77. The molecule has 3 aliphatic heterocycles. The van der Waals surface area contributed by atoms with Gasteiger partial charge in [-0.15, -0.1) is 0 Å². The molecule has 3 heterocycles. The lowest BCUT2D eigenvalue weighted by Crippen LogP contribution is -2.41. The Labute approximate surface area is 185 Å². The van der Waals surface area contributed by atoms with Crippen molar-refractivity contribution in [1.29, 1.82) is 0 Å². The van der Waals surface area contributed by atoms with Crippen LogP contribution in [0.2, 0.25) is 0 Å². The summed E-state index contributed by atoms with van der Waals surface area (Å²) >= 11 is 0. The second-order valence-electron chi connectivity index (χ2n) is 8.27. The van der Waals surface area contributed by atoms with E-state index in [1.54, 1.807) is 60.5 Å². The van der Waals surface area contributed by atoms with E-state index in [1.807, 2.05) is 12.2 Å². The number of ether oxygens (including phenoxy) is 2. The number of hydrogen-bond donors (Lipinski definition) is 2. The molecule has 0 aromatic heterocycles. The number of carbonyl (C=O) groups is 3. The molecule has 0 aliphatic carbocycles. The molecular weight excluding hydrogens is 410 g/mol. The van der Waals surface area contributed by atoms with E-state index in [1.165, 1.54) is 6.92 Å². The summed E-state index contributed by atoms with van der Waals surface area (Å²) in [7, 11) is 1.58. The van der Waals surface area contributed by atoms with Gasteiger partial charge in [0, 0.05) is 24.0 Å². The van der Waals surface area contributed by atoms with Gasteiger partial charge in [-0.2, -0.15) is 0 Å². The summed E-state index contributed by atoms with van der Waals surface area (Å²) in [6.45, 7) is 1.78. The normalized spacial score (nSPS) is 27.4. The summed E-state index contributed by atoms with van der Waals surface area (Å²) in [5.41, 5.74) is 1.18. The number of anilines is 3. The second-order valence-corrected chi connectivity index (χ2v) is 8.27. The summed E-state index contributed by atoms with van der Waals surface area (Å²) in [6, 6.07) is 14.1. The van der Waals surface area contributed by atoms with Crippen LogP contribution in [-0.4, -0.2) is 43.1 Å². The third-order valence-corrected chi connectivity index (χ3v) is 6.26. The van der Waals surface area contributed by atoms with Crippen LogP contribution in [0.1, 0.15) is 6.92 Å². The highest BCUT2D eigenvalue weighted by Crippen LogP contribution is 2.52. The Kier molecular flexibility index (Phi) is 4.74. The van der Waals surface area contributed by atoms with Crippen LogP contribution < -0.4 is 20.3 Å². The molecule has 32 heavy (non-hydrogen) atoms. The molecule has 164 valence electrons. The topological polar surface area (TPSA) is 97.0 Å². The lowest BCUT2D eigenvalue weighted by molar-refractivity contribution is -0.128. The van der Waals surface area contributed by atoms with Crippen molar-refractivity contribution in [3.05, 3.63) is 60.7 Å². The number of rotatable bonds is 5. The maximum Gasteiger partial charge on any atom is 0.234 e. The molecular formula is C24H23N3O5. The molecule has 2 aromatic carbocycles. The molecule has 2 aromatic rings. The third kappa shape index (κ3) is 3.23. The molecule has 4 atom stereocenters. The number of methoxy groups -OCH3 is 1. The zero-order chi connectivity index (χ0) is 22.5. The molecule has 0 radical (unpaired) electrons. The van der Waals surface area contributed by atoms with Crippen LogP contribution >= 0.6 is 0 Å². The molecule has 8 heteroatoms. The summed E-state index contributed by atoms with van der Waals surface area (Å²) in [4.78, 5) is 39.5. The lowest BCUT2D eigenvalue weighted by Gasteiger charge is -2.23. The maximum absolute atomic E-state index is 13.4. The van der Waals surface area contributed by atoms with Gasteiger partial charge in [-0.05, 0) is 48.5 Å². The van der Waals surface area contributed by atoms with Gasteiger partial charge in [0.25, 0.3) is 0 Å². The fourth-order valence-corrected chi connectivity index (χ4v) is 4.84. The zero-order valence-electron chi connectivity index (χ0n) is 17.7. The molecule has 0 saturated carbocycles. The molecule has 2 bridgehead atoms. The molecule has 3 aliphatic rings. The monoisotopic (exact) mass is 433 g/mol. The minimum atomic E-state index is -0.806. The minimum Gasteiger partial charge on any atom is -0.497 e. The Balaban J connectivity index is 1.36. The van der Waals surface area contributed by atoms with E-state index >= 15 is 0 Å². The van der Waals surface area contributed by atoms with E-state index in [9.17, 15) is 14.4 Å². The molecule has 2 fully saturated rings. The Bertz CT molecular complexity index is 1110. The molecule has 3 amide bonds. The minimum absolute atomic E-state index is 0.140. The van der Waals surface area contributed by atoms with Crippen molar-refractivity contribution in [3.63, 3.8) is 0 Å². The molecule has 3 unspecified atom stereocenters. The number of nitrogens with zero attached hydrogens (tertiary/aromatic N) is 1. The van der Waals surface area contributed by atoms with Crippen molar-refractivity contribution in [1.82, 2.24) is 0 Å². The van der Waals surface area contributed by atoms with E-state index in [2.05, 4.69) is 10.6 Å². The Morgan fingerprint density at radius 1 is 1.06 bits per heavy atom. The number of hydrogen-bond acceptors (Lipinski definition) is 5. The molecule has 5 rings (SSSR count). The van der Waals surface area contributed by atoms with E-state index in [4.69, 9.17) is 9.47 Å². The highest BCUT2D eigenvalue weighted by molar-refractivity contribution is 6.05. The molecule has 1 spiro atoms. The van der Waals surface area contributed by atoms with Gasteiger partial charge in [0.05, 0.1) is 31.6 Å². The second kappa shape index (κ2) is 7.49. The van der Waals surface area contributed by atoms with Crippen molar-refractivity contribution < 1.29 is 23.9 Å². The number of fused-ring (bicyclic) bond motifs is 1. The zero-order valence-corrected chi connectivity index (χ0v) is 17.7. The van der Waals surface area contributed by atoms with Gasteiger partial charge in [-0.25, -0.2) is 0 Å². The van der Waals surface area contributed by atoms with Crippen LogP contribution in [0.15, 0.2) is 60.7 Å². The molecule has 8 nitrogen and oxygen atoms in total. The van der Waals surface area contributed by atoms with E-state index < -0.39 is 23.5 Å². The fourth-order valence-electron chi connectivity index (χ4n) is 4.84. The van der Waals surface area contributed by atoms with Gasteiger partial charge in [0.1, 0.15) is 11.4 Å². The Morgan fingerprint density at radius 2 is 1.72 bits per heavy atom. The molecule has 2 saturated heterocycles. The summed E-state index contributed by atoms with van der Waals surface area (Å²) in [5, 5.41) is 5.62. The predicted octanol–water partition coefficient (Wildman–Crippen LogP) is 2.58. The highest BCUT2D eigenvalue weighted by atomic mass is 16.5. The summed E-state index contributed by atoms with van der Waals surface area (Å²) < 4.78 is 11.3. The number of benzene rings is 2. The fraction of sp³-hybridized carbons (Fsp3) is 0.292. The van der Waals surface area contributed by atoms with Gasteiger partial charge >= 0.3 is 0 Å². The smallest absolute Gasteiger partial charge is 0.234 e. The first-order valence-electron chi connectivity index (χ1n) is 10.4. The third-order valence-electron chi connectivity index (χ3n) is 6.26. The molecule has 2 N–H and O–H groups in total. The first kappa shape index (κ1) is 20.3. The van der Waals surface area contributed by atoms with Gasteiger partial charge in [-0.3, -0.25) is 14.4 Å². The summed E-state index contributed by atoms with van der Waals surface area (Å²) in [6.07, 6.45) is 3.38. The number of carbonyl (C=O) groups excluding carboxylic acids is 3. The van der Waals surface area contributed by atoms with Crippen LogP contribution in [-0.2, 0) is 19.1 Å². The standard InChI is InChI=1S/C24H23N3O5/c1-14(28)25-15-3-7-17(8-4-15)27-13-24-12-11-19(32-24)20(21(24)23(27)30)22(29)26-16-5-9-18(31-2)10-6-16/h3-12,19-21H,13H2,1-2H3,(H,25,28)(H,26,29)/t19-,20?,21?,24?/m1/s1. The van der Waals surface area contributed by atoms with Crippen molar-refractivity contribution in [2.24, 2.45) is 11.8 Å². The number of nitrogens with one attached hydrogen (secondary N) is 2. The maximum atomic E-state index is 13.4. The quantitative estimate of drug-likeness (QED) is 0.707. The van der Waals surface area contributed by atoms with E-state index in [0.29, 0.717) is 29.4 Å². The van der Waals surface area contributed by atoms with Crippen molar-refractivity contribution in [2.75, 3.05) is 29.2 Å². The average molecular weight is 433 g/mol. The Hall–Kier alpha value is -3.65. The van der Waals surface area contributed by atoms with Crippen molar-refractivity contribution in [2.45, 2.75) is 18.6 Å². The van der Waals surface area contributed by atoms with Crippen LogP contribution in [0.3, 0.4) is 0 Å². The van der Waals surface area contributed by atoms with E-state index in [0.717, 1.165) is 0 Å². The first-order chi connectivity index (χ1) is 15.4. The average Bonchev–Trinajstić information content (AvgIpc) is 3.43. The Morgan fingerprint density at radius 3 is 2.38 bits per heavy atom. The first-order valence-corrected chi connectivity index (χ1v) is 10.4. The van der Waals surface area contributed by atoms with Gasteiger partial charge in [0.2, 0.25) is 17.7 Å². The predicted molar refractivity (Wildman–Crippen MR) is 118 cm³/mol. The SMILES string of the molecule is COc1ccc(NC(=O)C2C3C(=O)N(c4ccc(NC(C)=O)cc4)CC34C=C[C@H]2O4)cc1. The van der Waals surface area contributed by atoms with Crippen LogP contribution in [0, 0.1) is 11.8 Å². The van der Waals surface area contributed by atoms with Gasteiger partial charge in [-0.1, -0.05) is 12.2 Å². The highest BCUT2D eigenvalue weighted by Gasteiger charge is 2.67. The van der Waals surface area contributed by atoms with Crippen molar-refractivity contribution in [3.8, 4) is 5.75 Å². The van der Waals surface area contributed by atoms with Gasteiger partial charge < -0.3 is 25.0 Å². The largest absolute Gasteiger partial charge is 0.497 e. The van der Waals surface area contributed by atoms with Crippen molar-refractivity contribution >= 4 is 34.8 Å². The van der Waals surface area contributed by atoms with Crippen LogP contribution in [0.5, 0.6) is 5.75 Å².